The summed E-state index contributed by atoms with van der Waals surface area (Å²) in [6.45, 7) is -5.02. The van der Waals surface area contributed by atoms with Gasteiger partial charge < -0.3 is 12.9 Å². The molecule has 0 atom stereocenters. The van der Waals surface area contributed by atoms with Crippen LogP contribution >= 0.6 is 0 Å². The third-order valence-electron chi connectivity index (χ3n) is 1.41. The summed E-state index contributed by atoms with van der Waals surface area (Å²) < 4.78 is 36.4. The SMILES string of the molecule is [K+].[N-]=[N+]=Nc1cccc([B-](F)(F)F)c1. The molecule has 8 heteroatoms. The first kappa shape index (κ1) is 14.0. The fourth-order valence-electron chi connectivity index (χ4n) is 0.842. The molecule has 0 aliphatic rings. The van der Waals surface area contributed by atoms with Crippen LogP contribution in [0.4, 0.5) is 18.6 Å². The maximum Gasteiger partial charge on any atom is 1.00 e. The molecule has 0 amide bonds. The standard InChI is InChI=1S/C6H4BF3N3.K/c8-7(9,10)5-2-1-3-6(4-5)12-13-11;/h1-4H;/q-1;+1. The molecule has 0 saturated heterocycles. The van der Waals surface area contributed by atoms with E-state index in [4.69, 9.17) is 5.53 Å². The molecule has 0 N–H and O–H groups in total. The summed E-state index contributed by atoms with van der Waals surface area (Å²) in [5.74, 6) is 0. The van der Waals surface area contributed by atoms with Crippen LogP contribution in [-0.4, -0.2) is 6.98 Å². The Hall–Kier alpha value is 0.0213. The van der Waals surface area contributed by atoms with Crippen molar-refractivity contribution in [3.63, 3.8) is 0 Å². The van der Waals surface area contributed by atoms with E-state index in [9.17, 15) is 12.9 Å². The largest absolute Gasteiger partial charge is 1.00 e. The van der Waals surface area contributed by atoms with E-state index in [0.29, 0.717) is 0 Å². The fourth-order valence-corrected chi connectivity index (χ4v) is 0.842. The van der Waals surface area contributed by atoms with Crippen molar-refractivity contribution in [3.05, 3.63) is 34.7 Å². The minimum absolute atomic E-state index is 0. The van der Waals surface area contributed by atoms with Gasteiger partial charge in [-0.15, -0.1) is 5.46 Å². The Balaban J connectivity index is 0.00000169. The Labute approximate surface area is 121 Å². The van der Waals surface area contributed by atoms with Crippen LogP contribution in [0.15, 0.2) is 29.4 Å². The van der Waals surface area contributed by atoms with Gasteiger partial charge in [0.05, 0.1) is 0 Å². The van der Waals surface area contributed by atoms with Gasteiger partial charge in [0, 0.05) is 10.6 Å². The molecular weight excluding hydrogens is 221 g/mol. The van der Waals surface area contributed by atoms with Gasteiger partial charge in [0.1, 0.15) is 0 Å². The number of nitrogens with zero attached hydrogens (tertiary/aromatic N) is 3. The van der Waals surface area contributed by atoms with Crippen molar-refractivity contribution in [1.29, 1.82) is 0 Å². The average Bonchev–Trinajstić information content (AvgIpc) is 2.04. The smallest absolute Gasteiger partial charge is 0.445 e. The number of rotatable bonds is 2. The Kier molecular flexibility index (Phi) is 5.80. The Morgan fingerprint density at radius 3 is 2.43 bits per heavy atom. The molecule has 0 aliphatic carbocycles. The van der Waals surface area contributed by atoms with Gasteiger partial charge in [0.25, 0.3) is 0 Å². The van der Waals surface area contributed by atoms with E-state index in [1.807, 2.05) is 0 Å². The van der Waals surface area contributed by atoms with Gasteiger partial charge in [-0.3, -0.25) is 0 Å². The van der Waals surface area contributed by atoms with Crippen LogP contribution in [0.5, 0.6) is 0 Å². The summed E-state index contributed by atoms with van der Waals surface area (Å²) in [5, 5.41) is 3.07. The van der Waals surface area contributed by atoms with Crippen LogP contribution in [0.1, 0.15) is 0 Å². The van der Waals surface area contributed by atoms with Crippen molar-refractivity contribution in [2.24, 2.45) is 5.11 Å². The summed E-state index contributed by atoms with van der Waals surface area (Å²) in [4.78, 5) is 2.39. The Bertz CT molecular complexity index is 362. The van der Waals surface area contributed by atoms with Crippen molar-refractivity contribution in [3.8, 4) is 0 Å². The number of hydrogen-bond acceptors (Lipinski definition) is 1. The van der Waals surface area contributed by atoms with E-state index in [-0.39, 0.29) is 57.1 Å². The first-order valence-electron chi connectivity index (χ1n) is 3.39. The molecule has 0 radical (unpaired) electrons. The summed E-state index contributed by atoms with van der Waals surface area (Å²) in [6, 6.07) is 4.27. The van der Waals surface area contributed by atoms with E-state index >= 15 is 0 Å². The summed E-state index contributed by atoms with van der Waals surface area (Å²) in [6.07, 6.45) is 0. The molecule has 0 aromatic heterocycles. The first-order valence-corrected chi connectivity index (χ1v) is 3.39. The molecule has 1 rings (SSSR count). The first-order chi connectivity index (χ1) is 6.04. The van der Waals surface area contributed by atoms with Gasteiger partial charge in [-0.05, 0) is 5.53 Å². The molecule has 0 spiro atoms. The van der Waals surface area contributed by atoms with Crippen molar-refractivity contribution in [1.82, 2.24) is 0 Å². The molecule has 0 heterocycles. The molecule has 14 heavy (non-hydrogen) atoms. The summed E-state index contributed by atoms with van der Waals surface area (Å²) >= 11 is 0. The third-order valence-corrected chi connectivity index (χ3v) is 1.41. The molecule has 3 nitrogen and oxygen atoms in total. The maximum atomic E-state index is 12.1. The van der Waals surface area contributed by atoms with Crippen molar-refractivity contribution in [2.45, 2.75) is 0 Å². The molecular formula is C6H4BF3KN3. The van der Waals surface area contributed by atoms with E-state index in [1.54, 1.807) is 0 Å². The number of benzene rings is 1. The zero-order chi connectivity index (χ0) is 9.90. The summed E-state index contributed by atoms with van der Waals surface area (Å²) in [7, 11) is 0. The molecule has 0 aliphatic heterocycles. The zero-order valence-electron chi connectivity index (χ0n) is 7.36. The number of halogens is 3. The number of azide groups is 1. The van der Waals surface area contributed by atoms with E-state index in [2.05, 4.69) is 10.0 Å². The van der Waals surface area contributed by atoms with Crippen LogP contribution in [0.25, 0.3) is 10.4 Å². The van der Waals surface area contributed by atoms with Crippen LogP contribution in [0.2, 0.25) is 0 Å². The van der Waals surface area contributed by atoms with E-state index < -0.39 is 12.4 Å². The second kappa shape index (κ2) is 5.79. The Morgan fingerprint density at radius 2 is 1.93 bits per heavy atom. The van der Waals surface area contributed by atoms with Crippen LogP contribution in [0, 0.1) is 0 Å². The van der Waals surface area contributed by atoms with Gasteiger partial charge in [0.2, 0.25) is 0 Å². The minimum atomic E-state index is -5.02. The van der Waals surface area contributed by atoms with Crippen molar-refractivity contribution < 1.29 is 64.3 Å². The second-order valence-electron chi connectivity index (χ2n) is 2.36. The number of hydrogen-bond donors (Lipinski definition) is 0. The van der Waals surface area contributed by atoms with Crippen molar-refractivity contribution in [2.75, 3.05) is 0 Å². The Morgan fingerprint density at radius 1 is 1.29 bits per heavy atom. The second-order valence-corrected chi connectivity index (χ2v) is 2.36. The van der Waals surface area contributed by atoms with Gasteiger partial charge in [-0.2, -0.15) is 0 Å². The molecule has 0 fully saturated rings. The topological polar surface area (TPSA) is 48.8 Å². The normalized spacial score (nSPS) is 9.93. The third kappa shape index (κ3) is 4.04. The van der Waals surface area contributed by atoms with Gasteiger partial charge in [-0.1, -0.05) is 29.4 Å². The van der Waals surface area contributed by atoms with Gasteiger partial charge in [-0.25, -0.2) is 0 Å². The summed E-state index contributed by atoms with van der Waals surface area (Å²) in [5.41, 5.74) is 7.21. The van der Waals surface area contributed by atoms with E-state index in [0.717, 1.165) is 12.1 Å². The van der Waals surface area contributed by atoms with Crippen LogP contribution < -0.4 is 56.8 Å². The van der Waals surface area contributed by atoms with Gasteiger partial charge >= 0.3 is 58.4 Å². The average molecular weight is 225 g/mol. The molecule has 1 aromatic rings. The van der Waals surface area contributed by atoms with E-state index in [1.165, 1.54) is 12.1 Å². The molecule has 0 saturated carbocycles. The van der Waals surface area contributed by atoms with Crippen LogP contribution in [-0.2, 0) is 0 Å². The van der Waals surface area contributed by atoms with Crippen molar-refractivity contribution >= 4 is 18.1 Å². The monoisotopic (exact) mass is 225 g/mol. The van der Waals surface area contributed by atoms with Gasteiger partial charge in [0.15, 0.2) is 0 Å². The predicted octanol–water partition coefficient (Wildman–Crippen LogP) is -0.313. The maximum absolute atomic E-state index is 12.1. The molecule has 0 bridgehead atoms. The predicted molar refractivity (Wildman–Crippen MR) is 44.0 cm³/mol. The molecule has 0 unspecified atom stereocenters. The quantitative estimate of drug-likeness (QED) is 0.287. The van der Waals surface area contributed by atoms with Crippen LogP contribution in [0.3, 0.4) is 0 Å². The molecule has 68 valence electrons. The minimum Gasteiger partial charge on any atom is -0.445 e. The molecule has 1 aromatic carbocycles. The fraction of sp³-hybridized carbons (Fsp3) is 0. The zero-order valence-corrected chi connectivity index (χ0v) is 10.5.